The molecule has 94 valence electrons. The summed E-state index contributed by atoms with van der Waals surface area (Å²) in [6, 6.07) is 12.0. The molecule has 0 fully saturated rings. The van der Waals surface area contributed by atoms with Gasteiger partial charge in [0.25, 0.3) is 0 Å². The maximum atomic E-state index is 6.12. The summed E-state index contributed by atoms with van der Waals surface area (Å²) < 4.78 is 0. The van der Waals surface area contributed by atoms with Gasteiger partial charge in [0.2, 0.25) is 0 Å². The number of aromatic nitrogens is 1. The van der Waals surface area contributed by atoms with Crippen molar-refractivity contribution < 1.29 is 0 Å². The van der Waals surface area contributed by atoms with Crippen LogP contribution in [-0.2, 0) is 18.1 Å². The van der Waals surface area contributed by atoms with Gasteiger partial charge in [-0.1, -0.05) is 35.9 Å². The van der Waals surface area contributed by atoms with E-state index < -0.39 is 0 Å². The largest absolute Gasteiger partial charge is 0.325 e. The minimum atomic E-state index is 0.489. The number of hydrogen-bond acceptors (Lipinski definition) is 3. The lowest BCUT2D eigenvalue weighted by molar-refractivity contribution is 0.964. The van der Waals surface area contributed by atoms with Crippen molar-refractivity contribution in [2.75, 3.05) is 0 Å². The number of nitrogens with zero attached hydrogens (tertiary/aromatic N) is 1. The first-order valence-corrected chi connectivity index (χ1v) is 7.28. The van der Waals surface area contributed by atoms with Crippen LogP contribution in [0.5, 0.6) is 0 Å². The fourth-order valence-electron chi connectivity index (χ4n) is 1.67. The van der Waals surface area contributed by atoms with Crippen molar-refractivity contribution in [3.63, 3.8) is 0 Å². The van der Waals surface area contributed by atoms with Gasteiger partial charge in [0.05, 0.1) is 5.69 Å². The van der Waals surface area contributed by atoms with Crippen molar-refractivity contribution >= 4 is 23.4 Å². The molecule has 0 saturated carbocycles. The Bertz CT molecular complexity index is 517. The van der Waals surface area contributed by atoms with Gasteiger partial charge < -0.3 is 5.73 Å². The Balaban J connectivity index is 1.95. The van der Waals surface area contributed by atoms with E-state index in [1.54, 1.807) is 6.20 Å². The summed E-state index contributed by atoms with van der Waals surface area (Å²) in [4.78, 5) is 4.28. The fraction of sp³-hybridized carbons (Fsp3) is 0.214. The first-order valence-electron chi connectivity index (χ1n) is 5.75. The third kappa shape index (κ3) is 3.48. The Morgan fingerprint density at radius 3 is 2.56 bits per heavy atom. The number of nitrogens with two attached hydrogens (primary N) is 1. The van der Waals surface area contributed by atoms with E-state index in [1.807, 2.05) is 36.0 Å². The third-order valence-corrected chi connectivity index (χ3v) is 4.05. The summed E-state index contributed by atoms with van der Waals surface area (Å²) in [6.07, 6.45) is 1.78. The molecule has 2 aromatic rings. The Morgan fingerprint density at radius 2 is 1.78 bits per heavy atom. The van der Waals surface area contributed by atoms with Crippen LogP contribution < -0.4 is 5.73 Å². The standard InChI is InChI=1S/C14H15ClN2S/c15-13-6-2-1-4-11(13)9-18-10-12-5-3-7-17-14(12)8-16/h1-7H,8-10,16H2. The molecule has 0 radical (unpaired) electrons. The Labute approximate surface area is 117 Å². The van der Waals surface area contributed by atoms with Crippen LogP contribution in [0.25, 0.3) is 0 Å². The molecule has 1 aromatic carbocycles. The molecule has 0 bridgehead atoms. The third-order valence-electron chi connectivity index (χ3n) is 2.65. The van der Waals surface area contributed by atoms with Crippen LogP contribution in [0.2, 0.25) is 5.02 Å². The molecule has 4 heteroatoms. The Morgan fingerprint density at radius 1 is 1.06 bits per heavy atom. The van der Waals surface area contributed by atoms with Crippen molar-refractivity contribution in [2.24, 2.45) is 5.73 Å². The fourth-order valence-corrected chi connectivity index (χ4v) is 3.01. The second-order valence-corrected chi connectivity index (χ2v) is 5.29. The maximum Gasteiger partial charge on any atom is 0.0579 e. The maximum absolute atomic E-state index is 6.12. The monoisotopic (exact) mass is 278 g/mol. The Hall–Kier alpha value is -1.03. The number of hydrogen-bond donors (Lipinski definition) is 1. The lowest BCUT2D eigenvalue weighted by Gasteiger charge is -2.07. The highest BCUT2D eigenvalue weighted by molar-refractivity contribution is 7.97. The zero-order valence-electron chi connectivity index (χ0n) is 9.97. The number of rotatable bonds is 5. The van der Waals surface area contributed by atoms with E-state index in [-0.39, 0.29) is 0 Å². The topological polar surface area (TPSA) is 38.9 Å². The Kier molecular flexibility index (Phi) is 5.05. The van der Waals surface area contributed by atoms with Gasteiger partial charge in [-0.3, -0.25) is 4.98 Å². The van der Waals surface area contributed by atoms with Crippen LogP contribution in [0.1, 0.15) is 16.8 Å². The molecule has 0 saturated heterocycles. The van der Waals surface area contributed by atoms with Crippen molar-refractivity contribution in [3.8, 4) is 0 Å². The predicted octanol–water partition coefficient (Wildman–Crippen LogP) is 3.63. The zero-order valence-corrected chi connectivity index (χ0v) is 11.5. The molecule has 0 amide bonds. The van der Waals surface area contributed by atoms with Gasteiger partial charge in [0.1, 0.15) is 0 Å². The molecule has 0 spiro atoms. The molecule has 0 aliphatic carbocycles. The van der Waals surface area contributed by atoms with Gasteiger partial charge in [-0.2, -0.15) is 11.8 Å². The van der Waals surface area contributed by atoms with Gasteiger partial charge in [0, 0.05) is 29.3 Å². The van der Waals surface area contributed by atoms with Crippen LogP contribution >= 0.6 is 23.4 Å². The average Bonchev–Trinajstić information content (AvgIpc) is 2.41. The first kappa shape index (κ1) is 13.4. The van der Waals surface area contributed by atoms with Gasteiger partial charge >= 0.3 is 0 Å². The molecule has 2 nitrogen and oxygen atoms in total. The number of halogens is 1. The first-order chi connectivity index (χ1) is 8.81. The van der Waals surface area contributed by atoms with E-state index in [9.17, 15) is 0 Å². The number of thioether (sulfide) groups is 1. The van der Waals surface area contributed by atoms with Crippen molar-refractivity contribution in [1.29, 1.82) is 0 Å². The highest BCUT2D eigenvalue weighted by atomic mass is 35.5. The van der Waals surface area contributed by atoms with E-state index in [1.165, 1.54) is 11.1 Å². The summed E-state index contributed by atoms with van der Waals surface area (Å²) in [7, 11) is 0. The molecule has 0 aliphatic rings. The van der Waals surface area contributed by atoms with Crippen molar-refractivity contribution in [1.82, 2.24) is 4.98 Å². The molecule has 1 heterocycles. The summed E-state index contributed by atoms with van der Waals surface area (Å²) in [5, 5.41) is 0.829. The van der Waals surface area contributed by atoms with E-state index in [4.69, 9.17) is 17.3 Å². The van der Waals surface area contributed by atoms with E-state index in [2.05, 4.69) is 17.1 Å². The molecule has 2 rings (SSSR count). The molecular weight excluding hydrogens is 264 g/mol. The van der Waals surface area contributed by atoms with Crippen LogP contribution in [0.4, 0.5) is 0 Å². The van der Waals surface area contributed by atoms with Crippen molar-refractivity contribution in [3.05, 3.63) is 64.4 Å². The van der Waals surface area contributed by atoms with Crippen molar-refractivity contribution in [2.45, 2.75) is 18.1 Å². The molecular formula is C14H15ClN2S. The van der Waals surface area contributed by atoms with Crippen LogP contribution in [0, 0.1) is 0 Å². The summed E-state index contributed by atoms with van der Waals surface area (Å²) in [5.41, 5.74) is 9.02. The highest BCUT2D eigenvalue weighted by Crippen LogP contribution is 2.23. The minimum absolute atomic E-state index is 0.489. The smallest absolute Gasteiger partial charge is 0.0579 e. The molecule has 0 atom stereocenters. The quantitative estimate of drug-likeness (QED) is 0.908. The SMILES string of the molecule is NCc1ncccc1CSCc1ccccc1Cl. The number of benzene rings is 1. The predicted molar refractivity (Wildman–Crippen MR) is 78.6 cm³/mol. The molecule has 0 aliphatic heterocycles. The van der Waals surface area contributed by atoms with Gasteiger partial charge in [-0.25, -0.2) is 0 Å². The minimum Gasteiger partial charge on any atom is -0.325 e. The normalized spacial score (nSPS) is 10.6. The highest BCUT2D eigenvalue weighted by Gasteiger charge is 2.03. The molecule has 18 heavy (non-hydrogen) atoms. The van der Waals surface area contributed by atoms with Gasteiger partial charge in [-0.05, 0) is 23.3 Å². The van der Waals surface area contributed by atoms with Crippen LogP contribution in [-0.4, -0.2) is 4.98 Å². The second kappa shape index (κ2) is 6.78. The second-order valence-electron chi connectivity index (χ2n) is 3.90. The summed E-state index contributed by atoms with van der Waals surface area (Å²) >= 11 is 7.94. The molecule has 0 unspecified atom stereocenters. The van der Waals surface area contributed by atoms with E-state index in [0.29, 0.717) is 6.54 Å². The average molecular weight is 279 g/mol. The lowest BCUT2D eigenvalue weighted by Crippen LogP contribution is -2.03. The van der Waals surface area contributed by atoms with Crippen LogP contribution in [0.3, 0.4) is 0 Å². The van der Waals surface area contributed by atoms with E-state index in [0.717, 1.165) is 22.2 Å². The molecule has 1 aromatic heterocycles. The summed E-state index contributed by atoms with van der Waals surface area (Å²) in [5.74, 6) is 1.81. The summed E-state index contributed by atoms with van der Waals surface area (Å²) in [6.45, 7) is 0.489. The zero-order chi connectivity index (χ0) is 12.8. The van der Waals surface area contributed by atoms with Gasteiger partial charge in [0.15, 0.2) is 0 Å². The molecule has 2 N–H and O–H groups in total. The van der Waals surface area contributed by atoms with E-state index >= 15 is 0 Å². The van der Waals surface area contributed by atoms with Gasteiger partial charge in [-0.15, -0.1) is 0 Å². The lowest BCUT2D eigenvalue weighted by atomic mass is 10.2. The number of pyridine rings is 1. The van der Waals surface area contributed by atoms with Crippen LogP contribution in [0.15, 0.2) is 42.6 Å².